The normalized spacial score (nSPS) is 28.8. The molecule has 0 heterocycles. The van der Waals surface area contributed by atoms with E-state index < -0.39 is 10.0 Å². The Morgan fingerprint density at radius 2 is 1.90 bits per heavy atom. The molecule has 110 valence electrons. The van der Waals surface area contributed by atoms with E-state index in [1.54, 1.807) is 12.1 Å². The second-order valence-electron chi connectivity index (χ2n) is 5.96. The van der Waals surface area contributed by atoms with Gasteiger partial charge in [-0.15, -0.1) is 0 Å². The van der Waals surface area contributed by atoms with Gasteiger partial charge in [0.25, 0.3) is 0 Å². The molecule has 2 N–H and O–H groups in total. The minimum absolute atomic E-state index is 0.146. The van der Waals surface area contributed by atoms with Crippen molar-refractivity contribution in [1.82, 2.24) is 4.72 Å². The lowest BCUT2D eigenvalue weighted by atomic mass is 9.96. The van der Waals surface area contributed by atoms with E-state index in [9.17, 15) is 8.42 Å². The standard InChI is InChI=1S/C15H22N2O2S/c1-2-16-13-5-7-14(8-6-13)20(18,19)17-15-10-11-3-4-12(15)9-11/h5-8,11-12,15-17H,2-4,9-10H2,1H3. The monoisotopic (exact) mass is 294 g/mol. The van der Waals surface area contributed by atoms with Gasteiger partial charge in [-0.25, -0.2) is 13.1 Å². The molecule has 0 amide bonds. The summed E-state index contributed by atoms with van der Waals surface area (Å²) in [5.74, 6) is 1.29. The highest BCUT2D eigenvalue weighted by Gasteiger charge is 2.41. The Bertz CT molecular complexity index is 568. The third kappa shape index (κ3) is 2.69. The Labute approximate surface area is 121 Å². The van der Waals surface area contributed by atoms with Gasteiger partial charge in [0.1, 0.15) is 0 Å². The lowest BCUT2D eigenvalue weighted by Crippen LogP contribution is -2.38. The zero-order valence-electron chi connectivity index (χ0n) is 11.8. The van der Waals surface area contributed by atoms with E-state index in [-0.39, 0.29) is 6.04 Å². The van der Waals surface area contributed by atoms with Crippen molar-refractivity contribution in [3.63, 3.8) is 0 Å². The molecule has 2 bridgehead atoms. The van der Waals surface area contributed by atoms with Crippen LogP contribution >= 0.6 is 0 Å². The van der Waals surface area contributed by atoms with Crippen LogP contribution in [0, 0.1) is 11.8 Å². The van der Waals surface area contributed by atoms with Crippen molar-refractivity contribution in [2.24, 2.45) is 11.8 Å². The highest BCUT2D eigenvalue weighted by Crippen LogP contribution is 2.44. The van der Waals surface area contributed by atoms with Crippen molar-refractivity contribution in [3.8, 4) is 0 Å². The first-order valence-electron chi connectivity index (χ1n) is 7.45. The minimum Gasteiger partial charge on any atom is -0.385 e. The van der Waals surface area contributed by atoms with Crippen molar-refractivity contribution in [2.45, 2.75) is 43.5 Å². The molecule has 3 unspecified atom stereocenters. The molecule has 0 saturated heterocycles. The van der Waals surface area contributed by atoms with Gasteiger partial charge in [0.15, 0.2) is 0 Å². The molecule has 0 aliphatic heterocycles. The summed E-state index contributed by atoms with van der Waals surface area (Å²) in [6.07, 6.45) is 4.67. The number of nitrogens with one attached hydrogen (secondary N) is 2. The topological polar surface area (TPSA) is 58.2 Å². The average molecular weight is 294 g/mol. The van der Waals surface area contributed by atoms with Crippen LogP contribution < -0.4 is 10.0 Å². The first kappa shape index (κ1) is 13.9. The van der Waals surface area contributed by atoms with E-state index >= 15 is 0 Å². The molecular weight excluding hydrogens is 272 g/mol. The molecule has 3 rings (SSSR count). The van der Waals surface area contributed by atoms with Crippen LogP contribution in [0.2, 0.25) is 0 Å². The first-order chi connectivity index (χ1) is 9.58. The number of benzene rings is 1. The molecule has 2 aliphatic rings. The molecule has 3 atom stereocenters. The fourth-order valence-corrected chi connectivity index (χ4v) is 4.93. The third-order valence-corrected chi connectivity index (χ3v) is 6.10. The third-order valence-electron chi connectivity index (χ3n) is 4.59. The molecule has 0 aromatic heterocycles. The number of hydrogen-bond donors (Lipinski definition) is 2. The molecule has 5 heteroatoms. The molecule has 1 aromatic rings. The summed E-state index contributed by atoms with van der Waals surface area (Å²) in [6, 6.07) is 7.13. The molecule has 2 saturated carbocycles. The molecule has 2 fully saturated rings. The van der Waals surface area contributed by atoms with E-state index in [2.05, 4.69) is 10.0 Å². The molecule has 20 heavy (non-hydrogen) atoms. The lowest BCUT2D eigenvalue weighted by molar-refractivity contribution is 0.390. The van der Waals surface area contributed by atoms with E-state index in [1.807, 2.05) is 19.1 Å². The second kappa shape index (κ2) is 5.37. The number of fused-ring (bicyclic) bond motifs is 2. The smallest absolute Gasteiger partial charge is 0.240 e. The van der Waals surface area contributed by atoms with Gasteiger partial charge < -0.3 is 5.32 Å². The van der Waals surface area contributed by atoms with Crippen LogP contribution in [0.4, 0.5) is 5.69 Å². The van der Waals surface area contributed by atoms with Gasteiger partial charge in [-0.1, -0.05) is 6.42 Å². The van der Waals surface area contributed by atoms with Crippen LogP contribution in [0.3, 0.4) is 0 Å². The highest BCUT2D eigenvalue weighted by molar-refractivity contribution is 7.89. The lowest BCUT2D eigenvalue weighted by Gasteiger charge is -2.22. The highest BCUT2D eigenvalue weighted by atomic mass is 32.2. The van der Waals surface area contributed by atoms with Gasteiger partial charge in [0, 0.05) is 18.3 Å². The maximum atomic E-state index is 12.4. The number of hydrogen-bond acceptors (Lipinski definition) is 3. The zero-order valence-corrected chi connectivity index (χ0v) is 12.6. The molecule has 2 aliphatic carbocycles. The zero-order chi connectivity index (χ0) is 14.2. The van der Waals surface area contributed by atoms with Crippen LogP contribution in [0.5, 0.6) is 0 Å². The second-order valence-corrected chi connectivity index (χ2v) is 7.67. The Morgan fingerprint density at radius 1 is 1.15 bits per heavy atom. The fourth-order valence-electron chi connectivity index (χ4n) is 3.61. The summed E-state index contributed by atoms with van der Waals surface area (Å²) in [6.45, 7) is 2.84. The minimum atomic E-state index is -3.38. The van der Waals surface area contributed by atoms with Crippen LogP contribution in [0.25, 0.3) is 0 Å². The van der Waals surface area contributed by atoms with Gasteiger partial charge in [-0.05, 0) is 62.3 Å². The Kier molecular flexibility index (Phi) is 3.73. The van der Waals surface area contributed by atoms with E-state index in [0.717, 1.165) is 24.6 Å². The Morgan fingerprint density at radius 3 is 2.45 bits per heavy atom. The van der Waals surface area contributed by atoms with Gasteiger partial charge >= 0.3 is 0 Å². The SMILES string of the molecule is CCNc1ccc(S(=O)(=O)NC2CC3CCC2C3)cc1. The van der Waals surface area contributed by atoms with Gasteiger partial charge in [0.2, 0.25) is 10.0 Å². The maximum absolute atomic E-state index is 12.4. The number of anilines is 1. The summed E-state index contributed by atoms with van der Waals surface area (Å²) in [7, 11) is -3.38. The quantitative estimate of drug-likeness (QED) is 0.877. The summed E-state index contributed by atoms with van der Waals surface area (Å²) >= 11 is 0. The molecule has 0 radical (unpaired) electrons. The summed E-state index contributed by atoms with van der Waals surface area (Å²) in [5, 5.41) is 3.17. The summed E-state index contributed by atoms with van der Waals surface area (Å²) < 4.78 is 27.7. The van der Waals surface area contributed by atoms with Gasteiger partial charge in [-0.2, -0.15) is 0 Å². The van der Waals surface area contributed by atoms with Crippen LogP contribution in [0.1, 0.15) is 32.6 Å². The number of rotatable bonds is 5. The van der Waals surface area contributed by atoms with Crippen molar-refractivity contribution >= 4 is 15.7 Å². The van der Waals surface area contributed by atoms with E-state index in [4.69, 9.17) is 0 Å². The number of sulfonamides is 1. The van der Waals surface area contributed by atoms with Crippen LogP contribution in [0.15, 0.2) is 29.2 Å². The molecule has 0 spiro atoms. The van der Waals surface area contributed by atoms with E-state index in [0.29, 0.717) is 10.8 Å². The van der Waals surface area contributed by atoms with Crippen molar-refractivity contribution < 1.29 is 8.42 Å². The largest absolute Gasteiger partial charge is 0.385 e. The van der Waals surface area contributed by atoms with Crippen molar-refractivity contribution in [1.29, 1.82) is 0 Å². The maximum Gasteiger partial charge on any atom is 0.240 e. The average Bonchev–Trinajstić information content (AvgIpc) is 3.01. The molecule has 1 aromatic carbocycles. The summed E-state index contributed by atoms with van der Waals surface area (Å²) in [5.41, 5.74) is 0.950. The van der Waals surface area contributed by atoms with Crippen molar-refractivity contribution in [3.05, 3.63) is 24.3 Å². The van der Waals surface area contributed by atoms with Crippen molar-refractivity contribution in [2.75, 3.05) is 11.9 Å². The van der Waals surface area contributed by atoms with Gasteiger partial charge in [0.05, 0.1) is 4.90 Å². The van der Waals surface area contributed by atoms with E-state index in [1.165, 1.54) is 19.3 Å². The predicted molar refractivity (Wildman–Crippen MR) is 80.2 cm³/mol. The van der Waals surface area contributed by atoms with Gasteiger partial charge in [-0.3, -0.25) is 0 Å². The fraction of sp³-hybridized carbons (Fsp3) is 0.600. The molecule has 4 nitrogen and oxygen atoms in total. The Balaban J connectivity index is 1.71. The predicted octanol–water partition coefficient (Wildman–Crippen LogP) is 2.59. The van der Waals surface area contributed by atoms with Crippen LogP contribution in [-0.4, -0.2) is 21.0 Å². The first-order valence-corrected chi connectivity index (χ1v) is 8.93. The Hall–Kier alpha value is -1.07. The molecular formula is C15H22N2O2S. The van der Waals surface area contributed by atoms with Crippen LogP contribution in [-0.2, 0) is 10.0 Å². The summed E-state index contributed by atoms with van der Waals surface area (Å²) in [4.78, 5) is 0.363.